The minimum Gasteiger partial charge on any atom is -0.368 e. The van der Waals surface area contributed by atoms with Gasteiger partial charge in [0.05, 0.1) is 23.8 Å². The number of hydrogen-bond acceptors (Lipinski definition) is 3. The highest BCUT2D eigenvalue weighted by atomic mass is 35.5. The highest BCUT2D eigenvalue weighted by molar-refractivity contribution is 6.32. The Morgan fingerprint density at radius 2 is 2.29 bits per heavy atom. The molecule has 2 heterocycles. The molecule has 0 aromatic carbocycles. The Labute approximate surface area is 126 Å². The summed E-state index contributed by atoms with van der Waals surface area (Å²) in [5, 5.41) is 4.54. The van der Waals surface area contributed by atoms with Crippen molar-refractivity contribution in [2.24, 2.45) is 5.92 Å². The van der Waals surface area contributed by atoms with Gasteiger partial charge < -0.3 is 4.90 Å². The summed E-state index contributed by atoms with van der Waals surface area (Å²) in [5.41, 5.74) is 1.45. The first kappa shape index (κ1) is 14.3. The van der Waals surface area contributed by atoms with Crippen LogP contribution in [0.25, 0.3) is 5.69 Å². The Kier molecular flexibility index (Phi) is 3.57. The smallest absolute Gasteiger partial charge is 0.253 e. The predicted molar refractivity (Wildman–Crippen MR) is 77.3 cm³/mol. The lowest BCUT2D eigenvalue weighted by Gasteiger charge is -2.21. The minimum atomic E-state index is -2.53. The zero-order valence-electron chi connectivity index (χ0n) is 11.5. The summed E-state index contributed by atoms with van der Waals surface area (Å²) in [6.07, 6.45) is 5.04. The van der Waals surface area contributed by atoms with Gasteiger partial charge in [0.25, 0.3) is 5.92 Å². The van der Waals surface area contributed by atoms with Gasteiger partial charge in [0, 0.05) is 31.6 Å². The van der Waals surface area contributed by atoms with Crippen LogP contribution in [0, 0.1) is 5.92 Å². The molecule has 0 spiro atoms. The monoisotopic (exact) mass is 312 g/mol. The Balaban J connectivity index is 1.83. The van der Waals surface area contributed by atoms with E-state index in [4.69, 9.17) is 11.6 Å². The van der Waals surface area contributed by atoms with Crippen molar-refractivity contribution in [3.05, 3.63) is 35.9 Å². The second kappa shape index (κ2) is 5.26. The predicted octanol–water partition coefficient (Wildman–Crippen LogP) is 3.40. The number of nitrogens with zero attached hydrogens (tertiary/aromatic N) is 4. The molecule has 1 aliphatic carbocycles. The van der Waals surface area contributed by atoms with Crippen molar-refractivity contribution in [1.29, 1.82) is 0 Å². The molecule has 1 unspecified atom stereocenters. The van der Waals surface area contributed by atoms with Crippen LogP contribution < -0.4 is 4.90 Å². The van der Waals surface area contributed by atoms with Gasteiger partial charge in [0.1, 0.15) is 0 Å². The highest BCUT2D eigenvalue weighted by Gasteiger charge is 2.57. The summed E-state index contributed by atoms with van der Waals surface area (Å²) in [6.45, 7) is 2.81. The maximum atomic E-state index is 13.1. The summed E-state index contributed by atoms with van der Waals surface area (Å²) in [5.74, 6) is -3.12. The molecule has 0 N–H and O–H groups in total. The topological polar surface area (TPSA) is 34.0 Å². The van der Waals surface area contributed by atoms with E-state index in [1.54, 1.807) is 29.3 Å². The molecule has 0 radical (unpaired) electrons. The van der Waals surface area contributed by atoms with E-state index in [2.05, 4.69) is 10.1 Å². The van der Waals surface area contributed by atoms with Crippen molar-refractivity contribution in [1.82, 2.24) is 14.8 Å². The number of aromatic nitrogens is 3. The molecular weight excluding hydrogens is 298 g/mol. The lowest BCUT2D eigenvalue weighted by molar-refractivity contribution is 0.100. The van der Waals surface area contributed by atoms with Gasteiger partial charge in [-0.15, -0.1) is 0 Å². The molecule has 1 aliphatic rings. The number of halogens is 3. The molecule has 0 saturated heterocycles. The van der Waals surface area contributed by atoms with E-state index in [1.807, 2.05) is 17.9 Å². The first-order valence-electron chi connectivity index (χ1n) is 6.79. The van der Waals surface area contributed by atoms with Gasteiger partial charge in [-0.2, -0.15) is 5.10 Å². The number of alkyl halides is 2. The van der Waals surface area contributed by atoms with Crippen molar-refractivity contribution in [3.8, 4) is 5.69 Å². The second-order valence-electron chi connectivity index (χ2n) is 5.16. The fraction of sp³-hybridized carbons (Fsp3) is 0.429. The normalized spacial score (nSPS) is 19.5. The van der Waals surface area contributed by atoms with Gasteiger partial charge in [-0.1, -0.05) is 11.6 Å². The zero-order valence-corrected chi connectivity index (χ0v) is 12.3. The minimum absolute atomic E-state index is 0.0438. The molecule has 0 aliphatic heterocycles. The van der Waals surface area contributed by atoms with Crippen molar-refractivity contribution in [3.63, 3.8) is 0 Å². The lowest BCUT2D eigenvalue weighted by Crippen LogP contribution is -2.26. The average Bonchev–Trinajstić information content (AvgIpc) is 2.89. The Morgan fingerprint density at radius 3 is 2.86 bits per heavy atom. The van der Waals surface area contributed by atoms with Crippen LogP contribution in [-0.4, -0.2) is 33.8 Å². The third-order valence-corrected chi connectivity index (χ3v) is 3.95. The van der Waals surface area contributed by atoms with E-state index in [0.29, 0.717) is 23.9 Å². The lowest BCUT2D eigenvalue weighted by atomic mass is 10.3. The number of rotatable bonds is 5. The molecule has 3 rings (SSSR count). The van der Waals surface area contributed by atoms with Crippen LogP contribution in [0.3, 0.4) is 0 Å². The molecule has 21 heavy (non-hydrogen) atoms. The van der Waals surface area contributed by atoms with Gasteiger partial charge in [-0.3, -0.25) is 4.98 Å². The molecule has 4 nitrogen and oxygen atoms in total. The van der Waals surface area contributed by atoms with E-state index in [9.17, 15) is 8.78 Å². The molecule has 2 aromatic heterocycles. The van der Waals surface area contributed by atoms with Crippen molar-refractivity contribution in [2.75, 3.05) is 18.0 Å². The fourth-order valence-corrected chi connectivity index (χ4v) is 2.56. The molecule has 1 saturated carbocycles. The van der Waals surface area contributed by atoms with Gasteiger partial charge in [-0.25, -0.2) is 13.5 Å². The Morgan fingerprint density at radius 1 is 1.52 bits per heavy atom. The second-order valence-corrected chi connectivity index (χ2v) is 5.52. The standard InChI is InChI=1S/C14H15ClF2N4/c1-2-20(8-10-6-14(10,16)17)12-9-21(19-13(12)15)11-4-3-5-18-7-11/h3-5,7,9-10H,2,6,8H2,1H3. The van der Waals surface area contributed by atoms with Crippen LogP contribution in [0.15, 0.2) is 30.7 Å². The van der Waals surface area contributed by atoms with E-state index >= 15 is 0 Å². The summed E-state index contributed by atoms with van der Waals surface area (Å²) < 4.78 is 27.8. The third kappa shape index (κ3) is 2.85. The molecule has 112 valence electrons. The molecular formula is C14H15ClF2N4. The first-order chi connectivity index (χ1) is 10.0. The van der Waals surface area contributed by atoms with E-state index in [1.165, 1.54) is 0 Å². The molecule has 2 aromatic rings. The fourth-order valence-electron chi connectivity index (χ4n) is 2.31. The van der Waals surface area contributed by atoms with Crippen LogP contribution in [0.4, 0.5) is 14.5 Å². The van der Waals surface area contributed by atoms with E-state index in [-0.39, 0.29) is 6.42 Å². The highest BCUT2D eigenvalue weighted by Crippen LogP contribution is 2.49. The van der Waals surface area contributed by atoms with Crippen molar-refractivity contribution >= 4 is 17.3 Å². The van der Waals surface area contributed by atoms with E-state index < -0.39 is 11.8 Å². The summed E-state index contributed by atoms with van der Waals surface area (Å²) in [7, 11) is 0. The largest absolute Gasteiger partial charge is 0.368 e. The Bertz CT molecular complexity index is 629. The number of pyridine rings is 1. The molecule has 0 amide bonds. The van der Waals surface area contributed by atoms with E-state index in [0.717, 1.165) is 5.69 Å². The quantitative estimate of drug-likeness (QED) is 0.848. The maximum absolute atomic E-state index is 13.1. The maximum Gasteiger partial charge on any atom is 0.253 e. The Hall–Kier alpha value is -1.69. The summed E-state index contributed by atoms with van der Waals surface area (Å²) in [4.78, 5) is 5.87. The number of anilines is 1. The van der Waals surface area contributed by atoms with Gasteiger partial charge in [-0.05, 0) is 19.1 Å². The van der Waals surface area contributed by atoms with Crippen LogP contribution >= 0.6 is 11.6 Å². The van der Waals surface area contributed by atoms with Crippen LogP contribution in [0.5, 0.6) is 0 Å². The third-order valence-electron chi connectivity index (χ3n) is 3.68. The molecule has 1 atom stereocenters. The van der Waals surface area contributed by atoms with Gasteiger partial charge in [0.15, 0.2) is 5.15 Å². The first-order valence-corrected chi connectivity index (χ1v) is 7.17. The van der Waals surface area contributed by atoms with Crippen molar-refractivity contribution < 1.29 is 8.78 Å². The molecule has 1 fully saturated rings. The van der Waals surface area contributed by atoms with Crippen LogP contribution in [-0.2, 0) is 0 Å². The van der Waals surface area contributed by atoms with Gasteiger partial charge in [0.2, 0.25) is 0 Å². The summed E-state index contributed by atoms with van der Waals surface area (Å²) in [6, 6.07) is 3.65. The molecule has 7 heteroatoms. The van der Waals surface area contributed by atoms with Crippen molar-refractivity contribution in [2.45, 2.75) is 19.3 Å². The SMILES string of the molecule is CCN(CC1CC1(F)F)c1cn(-c2cccnc2)nc1Cl. The summed E-state index contributed by atoms with van der Waals surface area (Å²) >= 11 is 6.16. The van der Waals surface area contributed by atoms with Crippen LogP contribution in [0.2, 0.25) is 5.15 Å². The molecule has 0 bridgehead atoms. The average molecular weight is 313 g/mol. The number of hydrogen-bond donors (Lipinski definition) is 0. The zero-order chi connectivity index (χ0) is 15.0. The van der Waals surface area contributed by atoms with Crippen LogP contribution in [0.1, 0.15) is 13.3 Å². The van der Waals surface area contributed by atoms with Gasteiger partial charge >= 0.3 is 0 Å².